The lowest BCUT2D eigenvalue weighted by atomic mass is 10.2. The second-order valence-electron chi connectivity index (χ2n) is 4.93. The number of ether oxygens (including phenoxy) is 2. The van der Waals surface area contributed by atoms with Gasteiger partial charge in [-0.15, -0.1) is 0 Å². The number of hydrogen-bond donors (Lipinski definition) is 3. The van der Waals surface area contributed by atoms with Gasteiger partial charge in [0.2, 0.25) is 6.29 Å². The highest BCUT2D eigenvalue weighted by Crippen LogP contribution is 2.22. The number of amides is 1. The van der Waals surface area contributed by atoms with E-state index in [0.717, 1.165) is 11.6 Å². The predicted molar refractivity (Wildman–Crippen MR) is 85.9 cm³/mol. The van der Waals surface area contributed by atoms with Crippen molar-refractivity contribution in [1.82, 2.24) is 0 Å². The summed E-state index contributed by atoms with van der Waals surface area (Å²) in [5.41, 5.74) is 0.897. The zero-order valence-electron chi connectivity index (χ0n) is 12.9. The van der Waals surface area contributed by atoms with E-state index in [4.69, 9.17) is 14.6 Å². The Labute approximate surface area is 138 Å². The average molecular weight is 331 g/mol. The molecule has 0 spiro atoms. The molecule has 0 bridgehead atoms. The molecule has 3 N–H and O–H groups in total. The maximum atomic E-state index is 11.8. The van der Waals surface area contributed by atoms with Gasteiger partial charge in [-0.3, -0.25) is 5.32 Å². The molecule has 2 aromatic rings. The van der Waals surface area contributed by atoms with Crippen LogP contribution in [0.2, 0.25) is 0 Å². The highest BCUT2D eigenvalue weighted by Gasteiger charge is 2.13. The third-order valence-electron chi connectivity index (χ3n) is 3.08. The third kappa shape index (κ3) is 4.99. The number of aromatic carboxylic acids is 1. The molecular formula is C17H17NO6. The van der Waals surface area contributed by atoms with Crippen LogP contribution in [0.4, 0.5) is 10.5 Å². The maximum absolute atomic E-state index is 11.8. The highest BCUT2D eigenvalue weighted by atomic mass is 16.7. The molecule has 2 rings (SSSR count). The molecule has 0 saturated carbocycles. The number of aromatic hydroxyl groups is 1. The summed E-state index contributed by atoms with van der Waals surface area (Å²) in [4.78, 5) is 22.6. The molecule has 126 valence electrons. The van der Waals surface area contributed by atoms with E-state index >= 15 is 0 Å². The van der Waals surface area contributed by atoms with Crippen LogP contribution < -0.4 is 5.32 Å². The number of carbonyl (C=O) groups is 2. The first-order valence-electron chi connectivity index (χ1n) is 7.15. The Morgan fingerprint density at radius 2 is 1.88 bits per heavy atom. The topological polar surface area (TPSA) is 105 Å². The standard InChI is InChI=1S/C17H17NO6/c1-11(23-10-12-5-3-2-4-6-12)24-17(22)18-13-7-8-14(16(20)21)15(19)9-13/h2-9,11,19H,10H2,1H3,(H,18,22)(H,20,21). The minimum absolute atomic E-state index is 0.206. The molecule has 0 saturated heterocycles. The zero-order valence-corrected chi connectivity index (χ0v) is 12.9. The molecule has 1 atom stereocenters. The van der Waals surface area contributed by atoms with E-state index < -0.39 is 24.1 Å². The number of rotatable bonds is 6. The van der Waals surface area contributed by atoms with E-state index in [1.807, 2.05) is 30.3 Å². The Kier molecular flexibility index (Phi) is 5.75. The van der Waals surface area contributed by atoms with E-state index in [1.165, 1.54) is 12.1 Å². The monoisotopic (exact) mass is 331 g/mol. The van der Waals surface area contributed by atoms with Gasteiger partial charge in [0, 0.05) is 11.8 Å². The molecule has 0 heterocycles. The minimum atomic E-state index is -1.26. The van der Waals surface area contributed by atoms with Crippen LogP contribution in [0, 0.1) is 0 Å². The molecule has 0 aromatic heterocycles. The van der Waals surface area contributed by atoms with Crippen LogP contribution in [0.3, 0.4) is 0 Å². The molecule has 0 aliphatic carbocycles. The van der Waals surface area contributed by atoms with Crippen molar-refractivity contribution in [1.29, 1.82) is 0 Å². The quantitative estimate of drug-likeness (QED) is 0.702. The number of phenols is 1. The molecule has 2 aromatic carbocycles. The lowest BCUT2D eigenvalue weighted by Crippen LogP contribution is -2.22. The van der Waals surface area contributed by atoms with Crippen molar-refractivity contribution in [3.63, 3.8) is 0 Å². The van der Waals surface area contributed by atoms with Crippen molar-refractivity contribution >= 4 is 17.7 Å². The fourth-order valence-electron chi connectivity index (χ4n) is 1.91. The summed E-state index contributed by atoms with van der Waals surface area (Å²) in [5, 5.41) is 20.8. The van der Waals surface area contributed by atoms with Crippen molar-refractivity contribution in [2.24, 2.45) is 0 Å². The number of nitrogens with one attached hydrogen (secondary N) is 1. The first kappa shape index (κ1) is 17.3. The Hall–Kier alpha value is -3.06. The van der Waals surface area contributed by atoms with Crippen LogP contribution in [0.5, 0.6) is 5.75 Å². The fourth-order valence-corrected chi connectivity index (χ4v) is 1.91. The van der Waals surface area contributed by atoms with Crippen molar-refractivity contribution < 1.29 is 29.3 Å². The highest BCUT2D eigenvalue weighted by molar-refractivity contribution is 5.92. The molecule has 0 aliphatic heterocycles. The molecule has 7 nitrogen and oxygen atoms in total. The maximum Gasteiger partial charge on any atom is 0.413 e. The number of hydrogen-bond acceptors (Lipinski definition) is 5. The van der Waals surface area contributed by atoms with Crippen LogP contribution in [-0.2, 0) is 16.1 Å². The fraction of sp³-hybridized carbons (Fsp3) is 0.176. The van der Waals surface area contributed by atoms with Gasteiger partial charge < -0.3 is 19.7 Å². The predicted octanol–water partition coefficient (Wildman–Crippen LogP) is 3.20. The Balaban J connectivity index is 1.84. The van der Waals surface area contributed by atoms with Crippen molar-refractivity contribution in [3.05, 3.63) is 59.7 Å². The van der Waals surface area contributed by atoms with Crippen LogP contribution >= 0.6 is 0 Å². The van der Waals surface area contributed by atoms with Gasteiger partial charge in [-0.05, 0) is 24.6 Å². The van der Waals surface area contributed by atoms with Gasteiger partial charge in [-0.2, -0.15) is 0 Å². The summed E-state index contributed by atoms with van der Waals surface area (Å²) >= 11 is 0. The van der Waals surface area contributed by atoms with Crippen LogP contribution in [0.25, 0.3) is 0 Å². The molecule has 7 heteroatoms. The van der Waals surface area contributed by atoms with E-state index in [-0.39, 0.29) is 11.3 Å². The Bertz CT molecular complexity index is 716. The lowest BCUT2D eigenvalue weighted by molar-refractivity contribution is -0.0957. The summed E-state index contributed by atoms with van der Waals surface area (Å²) < 4.78 is 10.4. The Morgan fingerprint density at radius 3 is 2.50 bits per heavy atom. The molecule has 0 fully saturated rings. The molecule has 24 heavy (non-hydrogen) atoms. The summed E-state index contributed by atoms with van der Waals surface area (Å²) in [5.74, 6) is -1.71. The SMILES string of the molecule is CC(OCc1ccccc1)OC(=O)Nc1ccc(C(=O)O)c(O)c1. The number of carbonyl (C=O) groups excluding carboxylic acids is 1. The first-order chi connectivity index (χ1) is 11.5. The summed E-state index contributed by atoms with van der Waals surface area (Å²) in [6.45, 7) is 1.87. The van der Waals surface area contributed by atoms with Gasteiger partial charge in [-0.1, -0.05) is 30.3 Å². The van der Waals surface area contributed by atoms with E-state index in [2.05, 4.69) is 5.32 Å². The lowest BCUT2D eigenvalue weighted by Gasteiger charge is -2.15. The molecule has 0 radical (unpaired) electrons. The average Bonchev–Trinajstić information content (AvgIpc) is 2.53. The number of benzene rings is 2. The van der Waals surface area contributed by atoms with E-state index in [0.29, 0.717) is 6.61 Å². The Morgan fingerprint density at radius 1 is 1.17 bits per heavy atom. The second-order valence-corrected chi connectivity index (χ2v) is 4.93. The molecular weight excluding hydrogens is 314 g/mol. The second kappa shape index (κ2) is 7.98. The van der Waals surface area contributed by atoms with Crippen molar-refractivity contribution in [2.45, 2.75) is 19.8 Å². The summed E-state index contributed by atoms with van der Waals surface area (Å²) in [6, 6.07) is 13.1. The molecule has 1 unspecified atom stereocenters. The van der Waals surface area contributed by atoms with Crippen LogP contribution in [0.15, 0.2) is 48.5 Å². The largest absolute Gasteiger partial charge is 0.507 e. The normalized spacial score (nSPS) is 11.5. The summed E-state index contributed by atoms with van der Waals surface area (Å²) in [6.07, 6.45) is -1.56. The number of carboxylic acid groups (broad SMARTS) is 1. The van der Waals surface area contributed by atoms with Crippen LogP contribution in [0.1, 0.15) is 22.8 Å². The molecule has 0 aliphatic rings. The van der Waals surface area contributed by atoms with Crippen molar-refractivity contribution in [2.75, 3.05) is 5.32 Å². The van der Waals surface area contributed by atoms with Gasteiger partial charge >= 0.3 is 12.1 Å². The zero-order chi connectivity index (χ0) is 17.5. The minimum Gasteiger partial charge on any atom is -0.507 e. The van der Waals surface area contributed by atoms with Gasteiger partial charge in [0.1, 0.15) is 11.3 Å². The first-order valence-corrected chi connectivity index (χ1v) is 7.15. The number of anilines is 1. The van der Waals surface area contributed by atoms with Gasteiger partial charge in [0.15, 0.2) is 0 Å². The van der Waals surface area contributed by atoms with Gasteiger partial charge in [-0.25, -0.2) is 9.59 Å². The number of carboxylic acids is 1. The molecule has 1 amide bonds. The third-order valence-corrected chi connectivity index (χ3v) is 3.08. The smallest absolute Gasteiger partial charge is 0.413 e. The summed E-state index contributed by atoms with van der Waals surface area (Å²) in [7, 11) is 0. The van der Waals surface area contributed by atoms with Crippen molar-refractivity contribution in [3.8, 4) is 5.75 Å². The van der Waals surface area contributed by atoms with E-state index in [9.17, 15) is 14.7 Å². The van der Waals surface area contributed by atoms with E-state index in [1.54, 1.807) is 6.92 Å². The van der Waals surface area contributed by atoms with Gasteiger partial charge in [0.05, 0.1) is 6.61 Å². The van der Waals surface area contributed by atoms with Gasteiger partial charge in [0.25, 0.3) is 0 Å². The van der Waals surface area contributed by atoms with Crippen LogP contribution in [-0.4, -0.2) is 28.6 Å².